The van der Waals surface area contributed by atoms with Crippen molar-refractivity contribution >= 4 is 35.1 Å². The third-order valence-electron chi connectivity index (χ3n) is 4.84. The second-order valence-electron chi connectivity index (χ2n) is 7.06. The minimum atomic E-state index is -0.410. The fraction of sp³-hybridized carbons (Fsp3) is 0.174. The molecule has 1 N–H and O–H groups in total. The first kappa shape index (κ1) is 20.7. The second kappa shape index (κ2) is 8.65. The zero-order valence-electron chi connectivity index (χ0n) is 17.0. The number of Topliss-reactive ketones (excluding diaryl/α,β-unsaturated/α-hetero) is 1. The minimum absolute atomic E-state index is 0.0781. The molecule has 1 aliphatic heterocycles. The highest BCUT2D eigenvalue weighted by molar-refractivity contribution is 6.31. The Hall–Kier alpha value is -3.58. The lowest BCUT2D eigenvalue weighted by Crippen LogP contribution is -2.11. The van der Waals surface area contributed by atoms with E-state index in [1.54, 1.807) is 22.9 Å². The SMILES string of the molecule is CC(=O)c1cc2c(cc1NC(=O)/C=C/c1c(C)nn(Cc3ccccc3)c1Cl)OCO2. The van der Waals surface area contributed by atoms with Crippen LogP contribution in [0.4, 0.5) is 5.69 Å². The van der Waals surface area contributed by atoms with Gasteiger partial charge in [0.25, 0.3) is 0 Å². The van der Waals surface area contributed by atoms with Crippen LogP contribution in [-0.2, 0) is 11.3 Å². The van der Waals surface area contributed by atoms with Gasteiger partial charge in [0.2, 0.25) is 12.7 Å². The molecule has 0 saturated heterocycles. The molecule has 0 bridgehead atoms. The predicted molar refractivity (Wildman–Crippen MR) is 118 cm³/mol. The molecular formula is C23H20ClN3O4. The maximum absolute atomic E-state index is 12.5. The number of nitrogens with one attached hydrogen (secondary N) is 1. The van der Waals surface area contributed by atoms with Crippen LogP contribution in [0.25, 0.3) is 6.08 Å². The van der Waals surface area contributed by atoms with E-state index in [1.807, 2.05) is 37.3 Å². The first-order valence-corrected chi connectivity index (χ1v) is 10.0. The van der Waals surface area contributed by atoms with E-state index in [4.69, 9.17) is 21.1 Å². The third kappa shape index (κ3) is 4.46. The van der Waals surface area contributed by atoms with Gasteiger partial charge in [-0.25, -0.2) is 4.68 Å². The van der Waals surface area contributed by atoms with Gasteiger partial charge >= 0.3 is 0 Å². The number of anilines is 1. The number of hydrogen-bond donors (Lipinski definition) is 1. The summed E-state index contributed by atoms with van der Waals surface area (Å²) in [5, 5.41) is 7.64. The normalized spacial score (nSPS) is 12.4. The monoisotopic (exact) mass is 437 g/mol. The van der Waals surface area contributed by atoms with Crippen molar-refractivity contribution in [3.63, 3.8) is 0 Å². The van der Waals surface area contributed by atoms with E-state index < -0.39 is 5.91 Å². The third-order valence-corrected chi connectivity index (χ3v) is 5.23. The number of aryl methyl sites for hydroxylation is 1. The highest BCUT2D eigenvalue weighted by atomic mass is 35.5. The Morgan fingerprint density at radius 1 is 1.19 bits per heavy atom. The molecule has 7 nitrogen and oxygen atoms in total. The van der Waals surface area contributed by atoms with Gasteiger partial charge < -0.3 is 14.8 Å². The van der Waals surface area contributed by atoms with E-state index in [9.17, 15) is 9.59 Å². The largest absolute Gasteiger partial charge is 0.454 e. The topological polar surface area (TPSA) is 82.5 Å². The van der Waals surface area contributed by atoms with Gasteiger partial charge in [-0.15, -0.1) is 0 Å². The molecule has 4 rings (SSSR count). The van der Waals surface area contributed by atoms with Gasteiger partial charge in [0, 0.05) is 23.3 Å². The fourth-order valence-electron chi connectivity index (χ4n) is 3.29. The number of halogens is 1. The van der Waals surface area contributed by atoms with Gasteiger partial charge in [0.1, 0.15) is 5.15 Å². The molecule has 1 amide bonds. The number of aromatic nitrogens is 2. The van der Waals surface area contributed by atoms with Crippen LogP contribution in [0.15, 0.2) is 48.5 Å². The number of benzene rings is 2. The van der Waals surface area contributed by atoms with Crippen molar-refractivity contribution in [3.8, 4) is 11.5 Å². The van der Waals surface area contributed by atoms with Crippen LogP contribution < -0.4 is 14.8 Å². The zero-order chi connectivity index (χ0) is 22.0. The number of ether oxygens (including phenoxy) is 2. The molecule has 158 valence electrons. The summed E-state index contributed by atoms with van der Waals surface area (Å²) in [4.78, 5) is 24.5. The Bertz CT molecular complexity index is 1190. The molecule has 8 heteroatoms. The van der Waals surface area contributed by atoms with E-state index in [1.165, 1.54) is 13.0 Å². The summed E-state index contributed by atoms with van der Waals surface area (Å²) in [7, 11) is 0. The molecule has 0 fully saturated rings. The van der Waals surface area contributed by atoms with E-state index >= 15 is 0 Å². The molecule has 2 aromatic carbocycles. The van der Waals surface area contributed by atoms with E-state index in [0.29, 0.717) is 45.7 Å². The summed E-state index contributed by atoms with van der Waals surface area (Å²) >= 11 is 6.50. The lowest BCUT2D eigenvalue weighted by atomic mass is 10.1. The fourth-order valence-corrected chi connectivity index (χ4v) is 3.59. The second-order valence-corrected chi connectivity index (χ2v) is 7.42. The van der Waals surface area contributed by atoms with Crippen LogP contribution in [0.2, 0.25) is 5.15 Å². The number of hydrogen-bond acceptors (Lipinski definition) is 5. The standard InChI is InChI=1S/C23H20ClN3O4/c1-14-17(23(24)27(26-14)12-16-6-4-3-5-7-16)8-9-22(29)25-19-11-21-20(30-13-31-21)10-18(19)15(2)28/h3-11H,12-13H2,1-2H3,(H,25,29)/b9-8+. The molecule has 2 heterocycles. The highest BCUT2D eigenvalue weighted by Crippen LogP contribution is 2.37. The first-order valence-electron chi connectivity index (χ1n) is 9.63. The van der Waals surface area contributed by atoms with Gasteiger partial charge in [-0.1, -0.05) is 41.9 Å². The summed E-state index contributed by atoms with van der Waals surface area (Å²) in [5.74, 6) is 0.351. The number of rotatable bonds is 6. The van der Waals surface area contributed by atoms with Crippen molar-refractivity contribution in [2.24, 2.45) is 0 Å². The van der Waals surface area contributed by atoms with Crippen LogP contribution in [0, 0.1) is 6.92 Å². The number of carbonyl (C=O) groups is 2. The smallest absolute Gasteiger partial charge is 0.248 e. The molecule has 1 aromatic heterocycles. The average molecular weight is 438 g/mol. The molecule has 0 spiro atoms. The number of nitrogens with zero attached hydrogens (tertiary/aromatic N) is 2. The maximum atomic E-state index is 12.5. The van der Waals surface area contributed by atoms with Crippen LogP contribution >= 0.6 is 11.6 Å². The van der Waals surface area contributed by atoms with Gasteiger partial charge in [-0.3, -0.25) is 9.59 Å². The van der Waals surface area contributed by atoms with Gasteiger partial charge in [0.05, 0.1) is 17.9 Å². The van der Waals surface area contributed by atoms with Crippen LogP contribution in [0.3, 0.4) is 0 Å². The molecule has 0 atom stereocenters. The average Bonchev–Trinajstić information content (AvgIpc) is 3.30. The van der Waals surface area contributed by atoms with Crippen molar-refractivity contribution in [1.82, 2.24) is 9.78 Å². The first-order chi connectivity index (χ1) is 14.9. The number of carbonyl (C=O) groups excluding carboxylic acids is 2. The number of amides is 1. The summed E-state index contributed by atoms with van der Waals surface area (Å²) in [6.45, 7) is 3.86. The summed E-state index contributed by atoms with van der Waals surface area (Å²) in [6.07, 6.45) is 2.97. The molecule has 0 aliphatic carbocycles. The predicted octanol–water partition coefficient (Wildman–Crippen LogP) is 4.48. The number of fused-ring (bicyclic) bond motifs is 1. The van der Waals surface area contributed by atoms with Crippen LogP contribution in [0.1, 0.15) is 34.1 Å². The van der Waals surface area contributed by atoms with Crippen molar-refractivity contribution in [2.75, 3.05) is 12.1 Å². The van der Waals surface area contributed by atoms with Crippen LogP contribution in [-0.4, -0.2) is 28.3 Å². The quantitative estimate of drug-likeness (QED) is 0.454. The Kier molecular flexibility index (Phi) is 5.77. The Morgan fingerprint density at radius 3 is 2.61 bits per heavy atom. The van der Waals surface area contributed by atoms with Crippen LogP contribution in [0.5, 0.6) is 11.5 Å². The van der Waals surface area contributed by atoms with E-state index in [2.05, 4.69) is 10.4 Å². The highest BCUT2D eigenvalue weighted by Gasteiger charge is 2.20. The lowest BCUT2D eigenvalue weighted by Gasteiger charge is -2.09. The summed E-state index contributed by atoms with van der Waals surface area (Å²) in [5.41, 5.74) is 3.13. The minimum Gasteiger partial charge on any atom is -0.454 e. The van der Waals surface area contributed by atoms with Crippen molar-refractivity contribution in [1.29, 1.82) is 0 Å². The van der Waals surface area contributed by atoms with Gasteiger partial charge in [-0.2, -0.15) is 5.10 Å². The molecule has 0 saturated carbocycles. The molecule has 0 unspecified atom stereocenters. The molecule has 31 heavy (non-hydrogen) atoms. The zero-order valence-corrected chi connectivity index (χ0v) is 17.8. The molecule has 1 aliphatic rings. The Balaban J connectivity index is 1.52. The number of ketones is 1. The molecular weight excluding hydrogens is 418 g/mol. The van der Waals surface area contributed by atoms with E-state index in [-0.39, 0.29) is 12.6 Å². The summed E-state index contributed by atoms with van der Waals surface area (Å²) < 4.78 is 12.3. The van der Waals surface area contributed by atoms with Crippen molar-refractivity contribution in [2.45, 2.75) is 20.4 Å². The van der Waals surface area contributed by atoms with Crippen molar-refractivity contribution < 1.29 is 19.1 Å². The maximum Gasteiger partial charge on any atom is 0.248 e. The summed E-state index contributed by atoms with van der Waals surface area (Å²) in [6, 6.07) is 13.0. The van der Waals surface area contributed by atoms with E-state index in [0.717, 1.165) is 5.56 Å². The molecule has 3 aromatic rings. The van der Waals surface area contributed by atoms with Crippen molar-refractivity contribution in [3.05, 3.63) is 76.1 Å². The van der Waals surface area contributed by atoms with Gasteiger partial charge in [-0.05, 0) is 31.6 Å². The molecule has 0 radical (unpaired) electrons. The Labute approximate surface area is 184 Å². The lowest BCUT2D eigenvalue weighted by molar-refractivity contribution is -0.111. The Morgan fingerprint density at radius 2 is 1.90 bits per heavy atom. The van der Waals surface area contributed by atoms with Gasteiger partial charge in [0.15, 0.2) is 17.3 Å².